The van der Waals surface area contributed by atoms with Crippen molar-refractivity contribution in [1.29, 1.82) is 0 Å². The van der Waals surface area contributed by atoms with Gasteiger partial charge in [-0.3, -0.25) is 4.79 Å². The second-order valence-electron chi connectivity index (χ2n) is 6.58. The van der Waals surface area contributed by atoms with Crippen LogP contribution in [0.3, 0.4) is 0 Å². The first-order valence-corrected chi connectivity index (χ1v) is 9.44. The Morgan fingerprint density at radius 1 is 1.28 bits per heavy atom. The van der Waals surface area contributed by atoms with Gasteiger partial charge in [0.25, 0.3) is 5.91 Å². The zero-order valence-corrected chi connectivity index (χ0v) is 16.8. The summed E-state index contributed by atoms with van der Waals surface area (Å²) >= 11 is 6.02. The fraction of sp³-hybridized carbons (Fsp3) is 0.238. The Bertz CT molecular complexity index is 1050. The third-order valence-electron chi connectivity index (χ3n) is 4.76. The zero-order valence-electron chi connectivity index (χ0n) is 16.0. The standard InChI is InChI=1S/C21H20ClN3O4/c1-27-17-5-3-4-13(20(17)28-2)12-25-19(8-9-23-25)24-21(26)18-11-14-10-15(22)6-7-16(14)29-18/h3-10,18H,11-12H2,1-2H3,(H,24,26). The number of para-hydroxylation sites is 1. The Hall–Kier alpha value is -3.19. The van der Waals surface area contributed by atoms with E-state index >= 15 is 0 Å². The van der Waals surface area contributed by atoms with Gasteiger partial charge in [0.15, 0.2) is 17.6 Å². The lowest BCUT2D eigenvalue weighted by Crippen LogP contribution is -2.32. The second kappa shape index (κ2) is 8.05. The maximum Gasteiger partial charge on any atom is 0.266 e. The van der Waals surface area contributed by atoms with Crippen LogP contribution in [-0.4, -0.2) is 36.0 Å². The molecule has 0 bridgehead atoms. The number of halogens is 1. The minimum absolute atomic E-state index is 0.239. The normalized spacial score (nSPS) is 14.8. The molecule has 0 aliphatic carbocycles. The first kappa shape index (κ1) is 19.1. The SMILES string of the molecule is COc1cccc(Cn2nccc2NC(=O)C2Cc3cc(Cl)ccc3O2)c1OC. The molecule has 0 radical (unpaired) electrons. The van der Waals surface area contributed by atoms with Gasteiger partial charge in [-0.2, -0.15) is 5.10 Å². The number of carbonyl (C=O) groups excluding carboxylic acids is 1. The maximum absolute atomic E-state index is 12.7. The molecule has 1 unspecified atom stereocenters. The number of anilines is 1. The van der Waals surface area contributed by atoms with Crippen LogP contribution in [0.1, 0.15) is 11.1 Å². The molecule has 3 aromatic rings. The summed E-state index contributed by atoms with van der Waals surface area (Å²) in [6.07, 6.45) is 1.49. The highest BCUT2D eigenvalue weighted by atomic mass is 35.5. The van der Waals surface area contributed by atoms with Gasteiger partial charge in [0.1, 0.15) is 11.6 Å². The highest BCUT2D eigenvalue weighted by molar-refractivity contribution is 6.30. The molecule has 0 spiro atoms. The van der Waals surface area contributed by atoms with Crippen molar-refractivity contribution in [2.24, 2.45) is 0 Å². The summed E-state index contributed by atoms with van der Waals surface area (Å²) in [5.74, 6) is 2.28. The molecule has 150 valence electrons. The molecule has 29 heavy (non-hydrogen) atoms. The molecule has 2 heterocycles. The second-order valence-corrected chi connectivity index (χ2v) is 7.02. The van der Waals surface area contributed by atoms with Gasteiger partial charge in [0, 0.05) is 23.1 Å². The van der Waals surface area contributed by atoms with Crippen molar-refractivity contribution >= 4 is 23.3 Å². The van der Waals surface area contributed by atoms with Crippen LogP contribution in [0.5, 0.6) is 17.2 Å². The van der Waals surface area contributed by atoms with Gasteiger partial charge >= 0.3 is 0 Å². The lowest BCUT2D eigenvalue weighted by atomic mass is 10.1. The summed E-state index contributed by atoms with van der Waals surface area (Å²) < 4.78 is 18.3. The Morgan fingerprint density at radius 2 is 2.14 bits per heavy atom. The monoisotopic (exact) mass is 413 g/mol. The Balaban J connectivity index is 1.49. The summed E-state index contributed by atoms with van der Waals surface area (Å²) in [5, 5.41) is 7.84. The molecule has 2 aromatic carbocycles. The molecule has 8 heteroatoms. The van der Waals surface area contributed by atoms with Gasteiger partial charge in [-0.15, -0.1) is 0 Å². The first-order chi connectivity index (χ1) is 14.1. The molecule has 1 N–H and O–H groups in total. The van der Waals surface area contributed by atoms with E-state index in [4.69, 9.17) is 25.8 Å². The molecular weight excluding hydrogens is 394 g/mol. The predicted molar refractivity (Wildman–Crippen MR) is 109 cm³/mol. The summed E-state index contributed by atoms with van der Waals surface area (Å²) in [6.45, 7) is 0.407. The van der Waals surface area contributed by atoms with Crippen LogP contribution in [0.4, 0.5) is 5.82 Å². The molecule has 1 amide bonds. The Morgan fingerprint density at radius 3 is 2.93 bits per heavy atom. The largest absolute Gasteiger partial charge is 0.493 e. The minimum Gasteiger partial charge on any atom is -0.493 e. The lowest BCUT2D eigenvalue weighted by Gasteiger charge is -2.15. The smallest absolute Gasteiger partial charge is 0.266 e. The third kappa shape index (κ3) is 3.86. The molecule has 4 rings (SSSR count). The van der Waals surface area contributed by atoms with E-state index in [1.54, 1.807) is 43.3 Å². The van der Waals surface area contributed by atoms with Crippen molar-refractivity contribution in [2.45, 2.75) is 19.1 Å². The van der Waals surface area contributed by atoms with Crippen LogP contribution in [-0.2, 0) is 17.8 Å². The van der Waals surface area contributed by atoms with E-state index in [2.05, 4.69) is 10.4 Å². The van der Waals surface area contributed by atoms with Gasteiger partial charge < -0.3 is 19.5 Å². The fourth-order valence-corrected chi connectivity index (χ4v) is 3.57. The van der Waals surface area contributed by atoms with E-state index in [0.29, 0.717) is 41.1 Å². The minimum atomic E-state index is -0.613. The molecule has 0 saturated heterocycles. The number of amides is 1. The van der Waals surface area contributed by atoms with Crippen LogP contribution in [0.2, 0.25) is 5.02 Å². The summed E-state index contributed by atoms with van der Waals surface area (Å²) in [6, 6.07) is 12.7. The van der Waals surface area contributed by atoms with E-state index in [9.17, 15) is 4.79 Å². The number of methoxy groups -OCH3 is 2. The number of fused-ring (bicyclic) bond motifs is 1. The van der Waals surface area contributed by atoms with Gasteiger partial charge in [0.05, 0.1) is 27.0 Å². The quantitative estimate of drug-likeness (QED) is 0.669. The number of ether oxygens (including phenoxy) is 3. The van der Waals surface area contributed by atoms with Crippen LogP contribution >= 0.6 is 11.6 Å². The van der Waals surface area contributed by atoms with Crippen molar-refractivity contribution in [3.63, 3.8) is 0 Å². The average molecular weight is 414 g/mol. The fourth-order valence-electron chi connectivity index (χ4n) is 3.37. The third-order valence-corrected chi connectivity index (χ3v) is 5.00. The molecule has 1 aliphatic heterocycles. The van der Waals surface area contributed by atoms with Crippen molar-refractivity contribution in [3.8, 4) is 17.2 Å². The van der Waals surface area contributed by atoms with Crippen LogP contribution in [0.15, 0.2) is 48.7 Å². The topological polar surface area (TPSA) is 74.6 Å². The molecule has 7 nitrogen and oxygen atoms in total. The van der Waals surface area contributed by atoms with E-state index in [-0.39, 0.29) is 5.91 Å². The number of benzene rings is 2. The molecule has 1 aliphatic rings. The lowest BCUT2D eigenvalue weighted by molar-refractivity contribution is -0.122. The molecule has 1 aromatic heterocycles. The molecular formula is C21H20ClN3O4. The number of hydrogen-bond acceptors (Lipinski definition) is 5. The summed E-state index contributed by atoms with van der Waals surface area (Å²) in [4.78, 5) is 12.7. The Kier molecular flexibility index (Phi) is 5.31. The van der Waals surface area contributed by atoms with Crippen molar-refractivity contribution in [2.75, 3.05) is 19.5 Å². The number of aromatic nitrogens is 2. The molecule has 1 atom stereocenters. The van der Waals surface area contributed by atoms with Gasteiger partial charge in [0.2, 0.25) is 0 Å². The number of rotatable bonds is 6. The number of nitrogens with one attached hydrogen (secondary N) is 1. The van der Waals surface area contributed by atoms with Crippen LogP contribution < -0.4 is 19.5 Å². The number of hydrogen-bond donors (Lipinski definition) is 1. The maximum atomic E-state index is 12.7. The van der Waals surface area contributed by atoms with Gasteiger partial charge in [-0.25, -0.2) is 4.68 Å². The number of nitrogens with zero attached hydrogens (tertiary/aromatic N) is 2. The van der Waals surface area contributed by atoms with Crippen LogP contribution in [0, 0.1) is 0 Å². The molecule has 0 saturated carbocycles. The van der Waals surface area contributed by atoms with Gasteiger partial charge in [-0.1, -0.05) is 23.7 Å². The van der Waals surface area contributed by atoms with Gasteiger partial charge in [-0.05, 0) is 29.8 Å². The van der Waals surface area contributed by atoms with E-state index in [0.717, 1.165) is 11.1 Å². The van der Waals surface area contributed by atoms with Crippen LogP contribution in [0.25, 0.3) is 0 Å². The van der Waals surface area contributed by atoms with E-state index < -0.39 is 6.10 Å². The van der Waals surface area contributed by atoms with Crippen molar-refractivity contribution in [1.82, 2.24) is 9.78 Å². The summed E-state index contributed by atoms with van der Waals surface area (Å²) in [5.41, 5.74) is 1.80. The van der Waals surface area contributed by atoms with Crippen molar-refractivity contribution < 1.29 is 19.0 Å². The predicted octanol–water partition coefficient (Wildman–Crippen LogP) is 3.54. The zero-order chi connectivity index (χ0) is 20.4. The highest BCUT2D eigenvalue weighted by Gasteiger charge is 2.30. The van der Waals surface area contributed by atoms with E-state index in [1.165, 1.54) is 0 Å². The average Bonchev–Trinajstić information content (AvgIpc) is 3.34. The highest BCUT2D eigenvalue weighted by Crippen LogP contribution is 2.33. The number of carbonyl (C=O) groups is 1. The first-order valence-electron chi connectivity index (χ1n) is 9.06. The molecule has 0 fully saturated rings. The van der Waals surface area contributed by atoms with Crippen molar-refractivity contribution in [3.05, 3.63) is 64.8 Å². The Labute approximate surface area is 173 Å². The van der Waals surface area contributed by atoms with E-state index in [1.807, 2.05) is 24.3 Å². The summed E-state index contributed by atoms with van der Waals surface area (Å²) in [7, 11) is 3.18.